The van der Waals surface area contributed by atoms with Crippen LogP contribution >= 0.6 is 11.6 Å². The Balaban J connectivity index is 1.89. The number of carbonyl (C=O) groups excluding carboxylic acids is 1. The van der Waals surface area contributed by atoms with Gasteiger partial charge in [-0.25, -0.2) is 0 Å². The highest BCUT2D eigenvalue weighted by Gasteiger charge is 2.25. The smallest absolute Gasteiger partial charge is 0.306 e. The maximum absolute atomic E-state index is 13.2. The zero-order valence-electron chi connectivity index (χ0n) is 16.8. The summed E-state index contributed by atoms with van der Waals surface area (Å²) in [5, 5.41) is 0.371. The molecule has 0 N–H and O–H groups in total. The van der Waals surface area contributed by atoms with Gasteiger partial charge in [0.2, 0.25) is 0 Å². The summed E-state index contributed by atoms with van der Waals surface area (Å²) in [5.41, 5.74) is 1.09. The fourth-order valence-electron chi connectivity index (χ4n) is 3.33. The summed E-state index contributed by atoms with van der Waals surface area (Å²) in [6.45, 7) is 1.31. The third kappa shape index (κ3) is 5.87. The van der Waals surface area contributed by atoms with Crippen LogP contribution in [0.4, 0.5) is 0 Å². The van der Waals surface area contributed by atoms with Crippen LogP contribution in [0, 0.1) is 0 Å². The van der Waals surface area contributed by atoms with Crippen LogP contribution in [0.2, 0.25) is 5.02 Å². The second-order valence-corrected chi connectivity index (χ2v) is 9.06. The Kier molecular flexibility index (Phi) is 7.23. The van der Waals surface area contributed by atoms with Crippen LogP contribution in [0.5, 0.6) is 11.5 Å². The van der Waals surface area contributed by atoms with Gasteiger partial charge in [-0.05, 0) is 42.7 Å². The standard InChI is InChI=1S/C21H24ClNO6S/c1-27-19-10-9-15(12-20(19)29-30(2,25)26)13-23(14-16-6-5-11-28-16)21(24)17-7-3-4-8-18(17)22/h3-4,7-10,12,16H,5-6,11,13-14H2,1-2H3/t16-/m1/s1. The third-order valence-corrected chi connectivity index (χ3v) is 5.49. The first-order chi connectivity index (χ1) is 14.3. The van der Waals surface area contributed by atoms with Crippen LogP contribution in [0.25, 0.3) is 0 Å². The summed E-state index contributed by atoms with van der Waals surface area (Å²) in [6, 6.07) is 11.8. The van der Waals surface area contributed by atoms with E-state index in [0.717, 1.165) is 19.1 Å². The lowest BCUT2D eigenvalue weighted by molar-refractivity contribution is 0.0507. The molecule has 1 fully saturated rings. The van der Waals surface area contributed by atoms with Crippen LogP contribution in [-0.4, -0.2) is 51.8 Å². The number of hydrogen-bond acceptors (Lipinski definition) is 6. The van der Waals surface area contributed by atoms with Gasteiger partial charge in [-0.2, -0.15) is 8.42 Å². The summed E-state index contributed by atoms with van der Waals surface area (Å²) < 4.78 is 39.1. The summed E-state index contributed by atoms with van der Waals surface area (Å²) >= 11 is 6.24. The van der Waals surface area contributed by atoms with Gasteiger partial charge in [-0.15, -0.1) is 0 Å². The Morgan fingerprint density at radius 2 is 2.00 bits per heavy atom. The van der Waals surface area contributed by atoms with Crippen LogP contribution in [0.1, 0.15) is 28.8 Å². The molecule has 7 nitrogen and oxygen atoms in total. The minimum atomic E-state index is -3.74. The van der Waals surface area contributed by atoms with Gasteiger partial charge >= 0.3 is 10.1 Å². The Morgan fingerprint density at radius 3 is 2.63 bits per heavy atom. The number of benzene rings is 2. The number of hydrogen-bond donors (Lipinski definition) is 0. The van der Waals surface area contributed by atoms with E-state index in [1.807, 2.05) is 0 Å². The van der Waals surface area contributed by atoms with E-state index < -0.39 is 10.1 Å². The highest BCUT2D eigenvalue weighted by molar-refractivity contribution is 7.86. The van der Waals surface area contributed by atoms with Crippen molar-refractivity contribution in [2.45, 2.75) is 25.5 Å². The summed E-state index contributed by atoms with van der Waals surface area (Å²) in [7, 11) is -2.31. The molecule has 3 rings (SSSR count). The van der Waals surface area contributed by atoms with Gasteiger partial charge in [-0.3, -0.25) is 4.79 Å². The Labute approximate surface area is 181 Å². The normalized spacial score (nSPS) is 16.3. The molecule has 0 bridgehead atoms. The number of carbonyl (C=O) groups is 1. The Morgan fingerprint density at radius 1 is 1.23 bits per heavy atom. The molecule has 1 atom stereocenters. The molecule has 0 radical (unpaired) electrons. The summed E-state index contributed by atoms with van der Waals surface area (Å²) in [6.07, 6.45) is 2.73. The van der Waals surface area contributed by atoms with Crippen LogP contribution in [-0.2, 0) is 21.4 Å². The lowest BCUT2D eigenvalue weighted by atomic mass is 10.1. The summed E-state index contributed by atoms with van der Waals surface area (Å²) in [5.74, 6) is 0.129. The molecule has 1 heterocycles. The number of nitrogens with zero attached hydrogens (tertiary/aromatic N) is 1. The molecular formula is C21H24ClNO6S. The fourth-order valence-corrected chi connectivity index (χ4v) is 4.00. The predicted octanol–water partition coefficient (Wildman–Crippen LogP) is 3.51. The van der Waals surface area contributed by atoms with E-state index in [1.165, 1.54) is 7.11 Å². The monoisotopic (exact) mass is 453 g/mol. The van der Waals surface area contributed by atoms with Crippen molar-refractivity contribution in [3.8, 4) is 11.5 Å². The van der Waals surface area contributed by atoms with Gasteiger partial charge in [0.1, 0.15) is 0 Å². The van der Waals surface area contributed by atoms with Crippen LogP contribution in [0.3, 0.4) is 0 Å². The largest absolute Gasteiger partial charge is 0.493 e. The number of ether oxygens (including phenoxy) is 2. The molecule has 1 aliphatic rings. The van der Waals surface area contributed by atoms with E-state index in [-0.39, 0.29) is 30.1 Å². The van der Waals surface area contributed by atoms with Gasteiger partial charge in [-0.1, -0.05) is 29.8 Å². The zero-order valence-corrected chi connectivity index (χ0v) is 18.4. The average molecular weight is 454 g/mol. The lowest BCUT2D eigenvalue weighted by Gasteiger charge is -2.26. The SMILES string of the molecule is COc1ccc(CN(C[C@H]2CCCO2)C(=O)c2ccccc2Cl)cc1OS(C)(=O)=O. The first-order valence-corrected chi connectivity index (χ1v) is 11.7. The highest BCUT2D eigenvalue weighted by Crippen LogP contribution is 2.30. The highest BCUT2D eigenvalue weighted by atomic mass is 35.5. The van der Waals surface area contributed by atoms with Crippen molar-refractivity contribution in [2.75, 3.05) is 26.5 Å². The molecule has 0 aliphatic carbocycles. The second kappa shape index (κ2) is 9.68. The van der Waals surface area contributed by atoms with Crippen molar-refractivity contribution in [1.82, 2.24) is 4.90 Å². The number of amides is 1. The van der Waals surface area contributed by atoms with E-state index in [2.05, 4.69) is 0 Å². The lowest BCUT2D eigenvalue weighted by Crippen LogP contribution is -2.37. The molecule has 0 aromatic heterocycles. The topological polar surface area (TPSA) is 82.1 Å². The molecular weight excluding hydrogens is 430 g/mol. The van der Waals surface area contributed by atoms with Crippen LogP contribution in [0.15, 0.2) is 42.5 Å². The van der Waals surface area contributed by atoms with Crippen molar-refractivity contribution < 1.29 is 26.9 Å². The number of rotatable bonds is 8. The molecule has 0 unspecified atom stereocenters. The van der Waals surface area contributed by atoms with Crippen molar-refractivity contribution in [3.05, 3.63) is 58.6 Å². The van der Waals surface area contributed by atoms with E-state index in [9.17, 15) is 13.2 Å². The van der Waals surface area contributed by atoms with Crippen molar-refractivity contribution in [2.24, 2.45) is 0 Å². The minimum absolute atomic E-state index is 0.0542. The maximum atomic E-state index is 13.2. The number of methoxy groups -OCH3 is 1. The second-order valence-electron chi connectivity index (χ2n) is 7.07. The van der Waals surface area contributed by atoms with Gasteiger partial charge < -0.3 is 18.6 Å². The van der Waals surface area contributed by atoms with Crippen LogP contribution < -0.4 is 8.92 Å². The molecule has 0 spiro atoms. The molecule has 2 aromatic carbocycles. The van der Waals surface area contributed by atoms with Crippen molar-refractivity contribution >= 4 is 27.6 Å². The van der Waals surface area contributed by atoms with Crippen molar-refractivity contribution in [1.29, 1.82) is 0 Å². The van der Waals surface area contributed by atoms with E-state index in [1.54, 1.807) is 47.4 Å². The zero-order chi connectivity index (χ0) is 21.7. The van der Waals surface area contributed by atoms with Gasteiger partial charge in [0.05, 0.1) is 30.1 Å². The van der Waals surface area contributed by atoms with E-state index in [0.29, 0.717) is 29.3 Å². The fraction of sp³-hybridized carbons (Fsp3) is 0.381. The minimum Gasteiger partial charge on any atom is -0.493 e. The number of halogens is 1. The van der Waals surface area contributed by atoms with E-state index in [4.69, 9.17) is 25.3 Å². The molecule has 2 aromatic rings. The molecule has 1 amide bonds. The molecule has 0 saturated carbocycles. The summed E-state index contributed by atoms with van der Waals surface area (Å²) in [4.78, 5) is 14.9. The molecule has 30 heavy (non-hydrogen) atoms. The van der Waals surface area contributed by atoms with Crippen molar-refractivity contribution in [3.63, 3.8) is 0 Å². The molecule has 1 saturated heterocycles. The Hall–Kier alpha value is -2.29. The first-order valence-electron chi connectivity index (χ1n) is 9.48. The predicted molar refractivity (Wildman–Crippen MR) is 114 cm³/mol. The molecule has 162 valence electrons. The third-order valence-electron chi connectivity index (χ3n) is 4.68. The van der Waals surface area contributed by atoms with Gasteiger partial charge in [0.15, 0.2) is 11.5 Å². The molecule has 1 aliphatic heterocycles. The average Bonchev–Trinajstić information content (AvgIpc) is 3.19. The van der Waals surface area contributed by atoms with Gasteiger partial charge in [0.25, 0.3) is 5.91 Å². The van der Waals surface area contributed by atoms with Gasteiger partial charge in [0, 0.05) is 19.7 Å². The van der Waals surface area contributed by atoms with E-state index >= 15 is 0 Å². The Bertz CT molecular complexity index is 1000. The first kappa shape index (κ1) is 22.4. The molecule has 9 heteroatoms. The quantitative estimate of drug-likeness (QED) is 0.569. The maximum Gasteiger partial charge on any atom is 0.306 e.